The number of benzene rings is 1. The van der Waals surface area contributed by atoms with Crippen molar-refractivity contribution in [3.8, 4) is 0 Å². The zero-order valence-corrected chi connectivity index (χ0v) is 17.7. The molecule has 1 aromatic carbocycles. The smallest absolute Gasteiger partial charge is 0.269 e. The normalized spacial score (nSPS) is 10.8. The van der Waals surface area contributed by atoms with E-state index in [-0.39, 0.29) is 18.2 Å². The molecule has 0 unspecified atom stereocenters. The van der Waals surface area contributed by atoms with Crippen LogP contribution < -0.4 is 15.8 Å². The van der Waals surface area contributed by atoms with E-state index in [0.717, 1.165) is 29.2 Å². The predicted octanol–water partition coefficient (Wildman–Crippen LogP) is 2.62. The molecule has 2 N–H and O–H groups in total. The van der Waals surface area contributed by atoms with E-state index in [0.29, 0.717) is 17.9 Å². The molecule has 2 amide bonds. The second-order valence-corrected chi connectivity index (χ2v) is 7.67. The van der Waals surface area contributed by atoms with Crippen LogP contribution in [0.5, 0.6) is 0 Å². The first-order valence-electron chi connectivity index (χ1n) is 9.58. The number of rotatable bonds is 7. The molecule has 0 aliphatic carbocycles. The molecule has 152 valence electrons. The molecule has 0 aliphatic rings. The summed E-state index contributed by atoms with van der Waals surface area (Å²) < 4.78 is 2.01. The lowest BCUT2D eigenvalue weighted by atomic mass is 10.1. The SMILES string of the molecule is Cc1nn(CC(C)C)c(C)c1CCC(=O)NNC(=O)c1cccc(N(C)C)c1. The Bertz CT molecular complexity index is 839. The highest BCUT2D eigenvalue weighted by Gasteiger charge is 2.14. The Morgan fingerprint density at radius 1 is 1.18 bits per heavy atom. The Labute approximate surface area is 167 Å². The third-order valence-electron chi connectivity index (χ3n) is 4.61. The zero-order valence-electron chi connectivity index (χ0n) is 17.7. The summed E-state index contributed by atoms with van der Waals surface area (Å²) in [7, 11) is 3.82. The number of hydrazine groups is 1. The first-order chi connectivity index (χ1) is 13.2. The van der Waals surface area contributed by atoms with E-state index in [1.54, 1.807) is 12.1 Å². The summed E-state index contributed by atoms with van der Waals surface area (Å²) in [6.07, 6.45) is 0.876. The average Bonchev–Trinajstić information content (AvgIpc) is 2.90. The van der Waals surface area contributed by atoms with Crippen molar-refractivity contribution in [3.63, 3.8) is 0 Å². The Morgan fingerprint density at radius 3 is 2.54 bits per heavy atom. The van der Waals surface area contributed by atoms with Crippen molar-refractivity contribution in [2.45, 2.75) is 47.1 Å². The molecule has 0 atom stereocenters. The number of amides is 2. The first-order valence-corrected chi connectivity index (χ1v) is 9.58. The highest BCUT2D eigenvalue weighted by atomic mass is 16.2. The first kappa shape index (κ1) is 21.5. The summed E-state index contributed by atoms with van der Waals surface area (Å²) in [6.45, 7) is 9.17. The minimum absolute atomic E-state index is 0.229. The minimum Gasteiger partial charge on any atom is -0.378 e. The van der Waals surface area contributed by atoms with E-state index in [4.69, 9.17) is 0 Å². The van der Waals surface area contributed by atoms with Gasteiger partial charge in [0, 0.05) is 44.0 Å². The maximum absolute atomic E-state index is 12.3. The number of aryl methyl sites for hydroxylation is 1. The van der Waals surface area contributed by atoms with Gasteiger partial charge in [0.2, 0.25) is 5.91 Å². The number of carbonyl (C=O) groups excluding carboxylic acids is 2. The van der Waals surface area contributed by atoms with E-state index in [2.05, 4.69) is 29.8 Å². The van der Waals surface area contributed by atoms with Gasteiger partial charge in [0.05, 0.1) is 5.69 Å². The quantitative estimate of drug-likeness (QED) is 0.718. The monoisotopic (exact) mass is 385 g/mol. The lowest BCUT2D eigenvalue weighted by Crippen LogP contribution is -2.41. The fourth-order valence-electron chi connectivity index (χ4n) is 3.04. The second kappa shape index (κ2) is 9.39. The Hall–Kier alpha value is -2.83. The average molecular weight is 386 g/mol. The molecule has 0 aliphatic heterocycles. The number of nitrogens with one attached hydrogen (secondary N) is 2. The van der Waals surface area contributed by atoms with Gasteiger partial charge in [-0.2, -0.15) is 5.10 Å². The molecule has 0 saturated heterocycles. The van der Waals surface area contributed by atoms with Crippen molar-refractivity contribution < 1.29 is 9.59 Å². The van der Waals surface area contributed by atoms with Crippen LogP contribution in [0.15, 0.2) is 24.3 Å². The topological polar surface area (TPSA) is 79.3 Å². The molecule has 1 heterocycles. The number of nitrogens with zero attached hydrogens (tertiary/aromatic N) is 3. The summed E-state index contributed by atoms with van der Waals surface area (Å²) in [5, 5.41) is 4.58. The van der Waals surface area contributed by atoms with Crippen LogP contribution in [0, 0.1) is 19.8 Å². The van der Waals surface area contributed by atoms with Gasteiger partial charge in [-0.15, -0.1) is 0 Å². The van der Waals surface area contributed by atoms with Crippen LogP contribution in [0.3, 0.4) is 0 Å². The summed E-state index contributed by atoms with van der Waals surface area (Å²) in [5.74, 6) is -0.0583. The van der Waals surface area contributed by atoms with Crippen molar-refractivity contribution in [1.82, 2.24) is 20.6 Å². The summed E-state index contributed by atoms with van der Waals surface area (Å²) in [5.41, 5.74) is 9.55. The molecule has 7 heteroatoms. The van der Waals surface area contributed by atoms with Gasteiger partial charge in [-0.3, -0.25) is 25.1 Å². The zero-order chi connectivity index (χ0) is 20.8. The van der Waals surface area contributed by atoms with E-state index in [9.17, 15) is 9.59 Å². The van der Waals surface area contributed by atoms with Gasteiger partial charge in [-0.05, 0) is 49.9 Å². The van der Waals surface area contributed by atoms with Crippen LogP contribution in [0.1, 0.15) is 47.6 Å². The fraction of sp³-hybridized carbons (Fsp3) is 0.476. The largest absolute Gasteiger partial charge is 0.378 e. The van der Waals surface area contributed by atoms with Gasteiger partial charge in [0.1, 0.15) is 0 Å². The Morgan fingerprint density at radius 2 is 1.89 bits per heavy atom. The van der Waals surface area contributed by atoms with E-state index in [1.807, 2.05) is 49.7 Å². The van der Waals surface area contributed by atoms with E-state index >= 15 is 0 Å². The highest BCUT2D eigenvalue weighted by Crippen LogP contribution is 2.16. The number of anilines is 1. The van der Waals surface area contributed by atoms with Crippen LogP contribution in [-0.4, -0.2) is 35.7 Å². The van der Waals surface area contributed by atoms with Gasteiger partial charge in [0.15, 0.2) is 0 Å². The second-order valence-electron chi connectivity index (χ2n) is 7.67. The fourth-order valence-corrected chi connectivity index (χ4v) is 3.04. The maximum atomic E-state index is 12.3. The molecule has 0 saturated carbocycles. The molecule has 0 fully saturated rings. The summed E-state index contributed by atoms with van der Waals surface area (Å²) >= 11 is 0. The minimum atomic E-state index is -0.339. The van der Waals surface area contributed by atoms with Crippen molar-refractivity contribution in [1.29, 1.82) is 0 Å². The van der Waals surface area contributed by atoms with Crippen molar-refractivity contribution >= 4 is 17.5 Å². The molecule has 0 spiro atoms. The molecule has 2 rings (SSSR count). The molecule has 2 aromatic rings. The van der Waals surface area contributed by atoms with Gasteiger partial charge in [0.25, 0.3) is 5.91 Å². The maximum Gasteiger partial charge on any atom is 0.269 e. The third kappa shape index (κ3) is 5.58. The number of carbonyl (C=O) groups is 2. The molecule has 1 aromatic heterocycles. The van der Waals surface area contributed by atoms with Crippen LogP contribution in [0.25, 0.3) is 0 Å². The molecular formula is C21H31N5O2. The van der Waals surface area contributed by atoms with Crippen LogP contribution in [-0.2, 0) is 17.8 Å². The Kier molecular flexibility index (Phi) is 7.20. The van der Waals surface area contributed by atoms with Gasteiger partial charge >= 0.3 is 0 Å². The van der Waals surface area contributed by atoms with E-state index < -0.39 is 0 Å². The summed E-state index contributed by atoms with van der Waals surface area (Å²) in [4.78, 5) is 26.3. The van der Waals surface area contributed by atoms with Gasteiger partial charge < -0.3 is 4.90 Å². The lowest BCUT2D eigenvalue weighted by Gasteiger charge is -2.13. The third-order valence-corrected chi connectivity index (χ3v) is 4.61. The molecule has 0 bridgehead atoms. The molecule has 7 nitrogen and oxygen atoms in total. The number of aromatic nitrogens is 2. The van der Waals surface area contributed by atoms with Crippen LogP contribution in [0.2, 0.25) is 0 Å². The van der Waals surface area contributed by atoms with Crippen molar-refractivity contribution in [3.05, 3.63) is 46.8 Å². The molecular weight excluding hydrogens is 354 g/mol. The number of hydrogen-bond donors (Lipinski definition) is 2. The standard InChI is InChI=1S/C21H31N5O2/c1-14(2)13-26-16(4)19(15(3)24-26)10-11-20(27)22-23-21(28)17-8-7-9-18(12-17)25(5)6/h7-9,12,14H,10-11,13H2,1-6H3,(H,22,27)(H,23,28). The highest BCUT2D eigenvalue weighted by molar-refractivity contribution is 5.96. The molecule has 28 heavy (non-hydrogen) atoms. The van der Waals surface area contributed by atoms with Crippen LogP contribution >= 0.6 is 0 Å². The van der Waals surface area contributed by atoms with Gasteiger partial charge in [-0.25, -0.2) is 0 Å². The van der Waals surface area contributed by atoms with Crippen LogP contribution in [0.4, 0.5) is 5.69 Å². The van der Waals surface area contributed by atoms with E-state index in [1.165, 1.54) is 0 Å². The molecule has 0 radical (unpaired) electrons. The Balaban J connectivity index is 1.89. The van der Waals surface area contributed by atoms with Crippen molar-refractivity contribution in [2.75, 3.05) is 19.0 Å². The lowest BCUT2D eigenvalue weighted by molar-refractivity contribution is -0.121. The van der Waals surface area contributed by atoms with Crippen molar-refractivity contribution in [2.24, 2.45) is 5.92 Å². The predicted molar refractivity (Wildman–Crippen MR) is 111 cm³/mol. The number of hydrogen-bond acceptors (Lipinski definition) is 4. The van der Waals surface area contributed by atoms with Gasteiger partial charge in [-0.1, -0.05) is 19.9 Å². The summed E-state index contributed by atoms with van der Waals surface area (Å²) in [6, 6.07) is 7.22.